The van der Waals surface area contributed by atoms with E-state index in [1.165, 1.54) is 11.3 Å². The molecule has 0 aliphatic carbocycles. The molecule has 0 spiro atoms. The van der Waals surface area contributed by atoms with Crippen LogP contribution >= 0.6 is 11.3 Å². The lowest BCUT2D eigenvalue weighted by Gasteiger charge is -2.09. The third kappa shape index (κ3) is 6.68. The van der Waals surface area contributed by atoms with Crippen molar-refractivity contribution in [3.05, 3.63) is 16.1 Å². The van der Waals surface area contributed by atoms with Gasteiger partial charge in [0, 0.05) is 18.3 Å². The summed E-state index contributed by atoms with van der Waals surface area (Å²) in [6.07, 6.45) is 2.02. The Morgan fingerprint density at radius 3 is 2.94 bits per heavy atom. The molecule has 0 aromatic carbocycles. The lowest BCUT2D eigenvalue weighted by Crippen LogP contribution is -2.23. The van der Waals surface area contributed by atoms with Gasteiger partial charge in [-0.05, 0) is 33.6 Å². The minimum atomic E-state index is -0.825. The van der Waals surface area contributed by atoms with Crippen molar-refractivity contribution in [1.82, 2.24) is 15.2 Å². The highest BCUT2D eigenvalue weighted by molar-refractivity contribution is 7.09. The Morgan fingerprint density at radius 2 is 2.28 bits per heavy atom. The molecule has 18 heavy (non-hydrogen) atoms. The number of carbonyl (C=O) groups is 1. The van der Waals surface area contributed by atoms with Crippen molar-refractivity contribution < 1.29 is 9.90 Å². The maximum Gasteiger partial charge on any atom is 0.309 e. The van der Waals surface area contributed by atoms with Crippen LogP contribution in [-0.2, 0) is 17.6 Å². The van der Waals surface area contributed by atoms with Crippen molar-refractivity contribution in [3.63, 3.8) is 0 Å². The maximum atomic E-state index is 10.5. The van der Waals surface area contributed by atoms with Crippen molar-refractivity contribution in [2.45, 2.75) is 19.3 Å². The van der Waals surface area contributed by atoms with Gasteiger partial charge in [-0.1, -0.05) is 0 Å². The second kappa shape index (κ2) is 8.18. The fourth-order valence-corrected chi connectivity index (χ4v) is 2.34. The van der Waals surface area contributed by atoms with E-state index in [0.29, 0.717) is 5.69 Å². The van der Waals surface area contributed by atoms with Crippen LogP contribution in [0, 0.1) is 0 Å². The SMILES string of the molecule is CN(C)CCCNCCc1nc(CC(=O)O)cs1. The number of nitrogens with one attached hydrogen (secondary N) is 1. The number of rotatable bonds is 9. The topological polar surface area (TPSA) is 65.5 Å². The van der Waals surface area contributed by atoms with Crippen LogP contribution in [0.5, 0.6) is 0 Å². The van der Waals surface area contributed by atoms with Crippen LogP contribution in [0.4, 0.5) is 0 Å². The second-order valence-corrected chi connectivity index (χ2v) is 5.40. The standard InChI is InChI=1S/C12H21N3O2S/c1-15(2)7-3-5-13-6-4-11-14-10(9-18-11)8-12(16)17/h9,13H,3-8H2,1-2H3,(H,16,17). The molecule has 2 N–H and O–H groups in total. The highest BCUT2D eigenvalue weighted by Gasteiger charge is 2.05. The van der Waals surface area contributed by atoms with Crippen molar-refractivity contribution in [3.8, 4) is 0 Å². The number of hydrogen-bond donors (Lipinski definition) is 2. The first-order valence-electron chi connectivity index (χ1n) is 6.08. The van der Waals surface area contributed by atoms with E-state index in [4.69, 9.17) is 5.11 Å². The Labute approximate surface area is 112 Å². The van der Waals surface area contributed by atoms with E-state index in [9.17, 15) is 4.79 Å². The molecule has 0 saturated heterocycles. The van der Waals surface area contributed by atoms with Gasteiger partial charge in [0.2, 0.25) is 0 Å². The van der Waals surface area contributed by atoms with Crippen LogP contribution in [0.3, 0.4) is 0 Å². The van der Waals surface area contributed by atoms with Gasteiger partial charge in [-0.15, -0.1) is 11.3 Å². The molecule has 0 amide bonds. The van der Waals surface area contributed by atoms with E-state index in [1.807, 2.05) is 5.38 Å². The number of nitrogens with zero attached hydrogens (tertiary/aromatic N) is 2. The number of carboxylic acid groups (broad SMARTS) is 1. The molecule has 0 radical (unpaired) electrons. The van der Waals surface area contributed by atoms with E-state index in [2.05, 4.69) is 29.3 Å². The number of thiazole rings is 1. The minimum absolute atomic E-state index is 0.0206. The lowest BCUT2D eigenvalue weighted by atomic mass is 10.3. The van der Waals surface area contributed by atoms with Gasteiger partial charge in [-0.3, -0.25) is 4.79 Å². The Balaban J connectivity index is 2.12. The van der Waals surface area contributed by atoms with Crippen LogP contribution in [0.15, 0.2) is 5.38 Å². The molecule has 1 aromatic heterocycles. The van der Waals surface area contributed by atoms with Gasteiger partial charge in [-0.2, -0.15) is 0 Å². The molecule has 1 aromatic rings. The fourth-order valence-electron chi connectivity index (χ4n) is 1.54. The Morgan fingerprint density at radius 1 is 1.50 bits per heavy atom. The third-order valence-corrected chi connectivity index (χ3v) is 3.36. The van der Waals surface area contributed by atoms with Crippen LogP contribution in [0.25, 0.3) is 0 Å². The van der Waals surface area contributed by atoms with Gasteiger partial charge in [0.25, 0.3) is 0 Å². The quantitative estimate of drug-likeness (QED) is 0.652. The van der Waals surface area contributed by atoms with Crippen LogP contribution in [-0.4, -0.2) is 54.7 Å². The van der Waals surface area contributed by atoms with Gasteiger partial charge in [0.05, 0.1) is 17.1 Å². The van der Waals surface area contributed by atoms with Crippen molar-refractivity contribution in [2.24, 2.45) is 0 Å². The molecule has 6 heteroatoms. The zero-order valence-electron chi connectivity index (χ0n) is 11.0. The van der Waals surface area contributed by atoms with Gasteiger partial charge in [-0.25, -0.2) is 4.98 Å². The molecule has 102 valence electrons. The first kappa shape index (κ1) is 15.1. The molecule has 0 bridgehead atoms. The van der Waals surface area contributed by atoms with E-state index in [0.717, 1.165) is 37.5 Å². The molecule has 0 unspecified atom stereocenters. The zero-order chi connectivity index (χ0) is 13.4. The summed E-state index contributed by atoms with van der Waals surface area (Å²) in [5.41, 5.74) is 0.662. The first-order valence-corrected chi connectivity index (χ1v) is 6.96. The van der Waals surface area contributed by atoms with E-state index >= 15 is 0 Å². The summed E-state index contributed by atoms with van der Waals surface area (Å²) in [5.74, 6) is -0.825. The van der Waals surface area contributed by atoms with Crippen LogP contribution < -0.4 is 5.32 Å². The molecule has 0 aliphatic rings. The lowest BCUT2D eigenvalue weighted by molar-refractivity contribution is -0.136. The van der Waals surface area contributed by atoms with E-state index in [-0.39, 0.29) is 6.42 Å². The normalized spacial score (nSPS) is 11.1. The molecule has 1 rings (SSSR count). The number of carboxylic acids is 1. The zero-order valence-corrected chi connectivity index (χ0v) is 11.8. The average Bonchev–Trinajstić information content (AvgIpc) is 2.69. The largest absolute Gasteiger partial charge is 0.481 e. The summed E-state index contributed by atoms with van der Waals surface area (Å²) in [4.78, 5) is 17.0. The highest BCUT2D eigenvalue weighted by atomic mass is 32.1. The molecule has 5 nitrogen and oxygen atoms in total. The predicted octanol–water partition coefficient (Wildman–Crippen LogP) is 0.854. The van der Waals surface area contributed by atoms with Crippen LogP contribution in [0.1, 0.15) is 17.1 Å². The smallest absolute Gasteiger partial charge is 0.309 e. The maximum absolute atomic E-state index is 10.5. The summed E-state index contributed by atoms with van der Waals surface area (Å²) in [5, 5.41) is 14.8. The first-order chi connectivity index (χ1) is 8.58. The Kier molecular flexibility index (Phi) is 6.85. The van der Waals surface area contributed by atoms with E-state index < -0.39 is 5.97 Å². The molecular formula is C12H21N3O2S. The molecule has 0 atom stereocenters. The summed E-state index contributed by atoms with van der Waals surface area (Å²) >= 11 is 1.54. The van der Waals surface area contributed by atoms with Gasteiger partial charge < -0.3 is 15.3 Å². The Hall–Kier alpha value is -0.980. The summed E-state index contributed by atoms with van der Waals surface area (Å²) in [6.45, 7) is 2.99. The van der Waals surface area contributed by atoms with Gasteiger partial charge >= 0.3 is 5.97 Å². The number of hydrogen-bond acceptors (Lipinski definition) is 5. The molecule has 0 saturated carbocycles. The molecule has 0 aliphatic heterocycles. The van der Waals surface area contributed by atoms with Crippen molar-refractivity contribution in [1.29, 1.82) is 0 Å². The fraction of sp³-hybridized carbons (Fsp3) is 0.667. The van der Waals surface area contributed by atoms with Crippen molar-refractivity contribution >= 4 is 17.3 Å². The monoisotopic (exact) mass is 271 g/mol. The number of aromatic nitrogens is 1. The number of aliphatic carboxylic acids is 1. The van der Waals surface area contributed by atoms with E-state index in [1.54, 1.807) is 0 Å². The summed E-state index contributed by atoms with van der Waals surface area (Å²) in [7, 11) is 4.14. The van der Waals surface area contributed by atoms with Gasteiger partial charge in [0.1, 0.15) is 0 Å². The second-order valence-electron chi connectivity index (χ2n) is 4.46. The van der Waals surface area contributed by atoms with Crippen molar-refractivity contribution in [2.75, 3.05) is 33.7 Å². The third-order valence-electron chi connectivity index (χ3n) is 2.41. The Bertz CT molecular complexity index is 366. The summed E-state index contributed by atoms with van der Waals surface area (Å²) in [6, 6.07) is 0. The highest BCUT2D eigenvalue weighted by Crippen LogP contribution is 2.10. The van der Waals surface area contributed by atoms with Crippen LogP contribution in [0.2, 0.25) is 0 Å². The summed E-state index contributed by atoms with van der Waals surface area (Å²) < 4.78 is 0. The van der Waals surface area contributed by atoms with Gasteiger partial charge in [0.15, 0.2) is 0 Å². The molecule has 1 heterocycles. The molecular weight excluding hydrogens is 250 g/mol. The average molecular weight is 271 g/mol. The predicted molar refractivity (Wildman–Crippen MR) is 73.2 cm³/mol. The molecule has 0 fully saturated rings. The minimum Gasteiger partial charge on any atom is -0.481 e.